The SMILES string of the molecule is Cc1nc2snc(Br)c2c(C)c1C(C)C. The van der Waals surface area contributed by atoms with Gasteiger partial charge in [0.25, 0.3) is 0 Å². The van der Waals surface area contributed by atoms with Gasteiger partial charge in [-0.15, -0.1) is 0 Å². The summed E-state index contributed by atoms with van der Waals surface area (Å²) in [6.45, 7) is 8.65. The Morgan fingerprint density at radius 3 is 2.53 bits per heavy atom. The minimum absolute atomic E-state index is 0.508. The highest BCUT2D eigenvalue weighted by atomic mass is 79.9. The summed E-state index contributed by atoms with van der Waals surface area (Å²) >= 11 is 4.94. The third-order valence-electron chi connectivity index (χ3n) is 2.65. The Morgan fingerprint density at radius 1 is 1.27 bits per heavy atom. The molecule has 4 heteroatoms. The Balaban J connectivity index is 2.87. The molecule has 80 valence electrons. The predicted molar refractivity (Wildman–Crippen MR) is 68.7 cm³/mol. The minimum Gasteiger partial charge on any atom is -0.240 e. The summed E-state index contributed by atoms with van der Waals surface area (Å²) in [5.41, 5.74) is 3.79. The first-order valence-electron chi connectivity index (χ1n) is 4.94. The molecule has 15 heavy (non-hydrogen) atoms. The Morgan fingerprint density at radius 2 is 1.93 bits per heavy atom. The third kappa shape index (κ3) is 1.70. The number of nitrogens with zero attached hydrogens (tertiary/aromatic N) is 2. The monoisotopic (exact) mass is 284 g/mol. The van der Waals surface area contributed by atoms with Crippen LogP contribution in [0.15, 0.2) is 4.60 Å². The lowest BCUT2D eigenvalue weighted by atomic mass is 9.95. The first-order valence-corrected chi connectivity index (χ1v) is 6.51. The van der Waals surface area contributed by atoms with Crippen molar-refractivity contribution >= 4 is 37.7 Å². The minimum atomic E-state index is 0.508. The fourth-order valence-corrected chi connectivity index (χ4v) is 3.73. The van der Waals surface area contributed by atoms with E-state index in [1.807, 2.05) is 0 Å². The molecular formula is C11H13BrN2S. The van der Waals surface area contributed by atoms with Crippen LogP contribution in [0.4, 0.5) is 0 Å². The highest BCUT2D eigenvalue weighted by Crippen LogP contribution is 2.34. The molecule has 2 aromatic heterocycles. The molecule has 0 aliphatic rings. The van der Waals surface area contributed by atoms with Gasteiger partial charge in [-0.2, -0.15) is 4.37 Å². The van der Waals surface area contributed by atoms with Gasteiger partial charge in [0, 0.05) is 11.1 Å². The van der Waals surface area contributed by atoms with Crippen LogP contribution in [0.25, 0.3) is 10.2 Å². The van der Waals surface area contributed by atoms with E-state index in [0.717, 1.165) is 15.1 Å². The summed E-state index contributed by atoms with van der Waals surface area (Å²) in [6.07, 6.45) is 0. The van der Waals surface area contributed by atoms with Gasteiger partial charge in [-0.1, -0.05) is 13.8 Å². The molecule has 2 nitrogen and oxygen atoms in total. The summed E-state index contributed by atoms with van der Waals surface area (Å²) in [5, 5.41) is 1.18. The van der Waals surface area contributed by atoms with Crippen LogP contribution >= 0.6 is 27.5 Å². The molecule has 0 aliphatic heterocycles. The van der Waals surface area contributed by atoms with Crippen LogP contribution in [0.5, 0.6) is 0 Å². The molecule has 0 atom stereocenters. The van der Waals surface area contributed by atoms with Crippen LogP contribution < -0.4 is 0 Å². The number of halogens is 1. The van der Waals surface area contributed by atoms with E-state index in [0.29, 0.717) is 5.92 Å². The molecule has 0 spiro atoms. The molecule has 0 aromatic carbocycles. The highest BCUT2D eigenvalue weighted by molar-refractivity contribution is 9.10. The van der Waals surface area contributed by atoms with Gasteiger partial charge in [0.2, 0.25) is 0 Å². The van der Waals surface area contributed by atoms with Gasteiger partial charge in [-0.25, -0.2) is 4.98 Å². The van der Waals surface area contributed by atoms with Crippen LogP contribution in [-0.2, 0) is 0 Å². The lowest BCUT2D eigenvalue weighted by Crippen LogP contribution is -1.99. The molecule has 0 saturated heterocycles. The Bertz CT molecular complexity index is 517. The Kier molecular flexibility index (Phi) is 2.81. The van der Waals surface area contributed by atoms with E-state index < -0.39 is 0 Å². The average Bonchev–Trinajstić information content (AvgIpc) is 2.46. The molecular weight excluding hydrogens is 272 g/mol. The lowest BCUT2D eigenvalue weighted by Gasteiger charge is -2.13. The van der Waals surface area contributed by atoms with Crippen LogP contribution in [0, 0.1) is 13.8 Å². The number of aryl methyl sites for hydroxylation is 2. The number of pyridine rings is 1. The summed E-state index contributed by atoms with van der Waals surface area (Å²) < 4.78 is 5.22. The van der Waals surface area contributed by atoms with Gasteiger partial charge in [0.05, 0.1) is 0 Å². The van der Waals surface area contributed by atoms with Crippen molar-refractivity contribution in [2.24, 2.45) is 0 Å². The second-order valence-corrected chi connectivity index (χ2v) is 5.55. The standard InChI is InChI=1S/C11H13BrN2S/c1-5(2)8-6(3)9-10(12)14-15-11(9)13-7(8)4/h5H,1-4H3. The number of aromatic nitrogens is 2. The molecule has 0 unspecified atom stereocenters. The van der Waals surface area contributed by atoms with Gasteiger partial charge in [0.15, 0.2) is 0 Å². The molecule has 0 aliphatic carbocycles. The molecule has 0 amide bonds. The summed E-state index contributed by atoms with van der Waals surface area (Å²) in [4.78, 5) is 5.63. The van der Waals surface area contributed by atoms with E-state index in [9.17, 15) is 0 Å². The average molecular weight is 285 g/mol. The topological polar surface area (TPSA) is 25.8 Å². The fourth-order valence-electron chi connectivity index (χ4n) is 2.12. The van der Waals surface area contributed by atoms with Crippen molar-refractivity contribution in [3.8, 4) is 0 Å². The van der Waals surface area contributed by atoms with E-state index in [2.05, 4.69) is 53.0 Å². The fraction of sp³-hybridized carbons (Fsp3) is 0.455. The quantitative estimate of drug-likeness (QED) is 0.785. The van der Waals surface area contributed by atoms with Crippen molar-refractivity contribution in [1.82, 2.24) is 9.36 Å². The Hall–Kier alpha value is -0.480. The molecule has 2 heterocycles. The maximum absolute atomic E-state index is 4.60. The van der Waals surface area contributed by atoms with E-state index in [1.165, 1.54) is 28.0 Å². The molecule has 2 rings (SSSR count). The molecule has 0 bridgehead atoms. The smallest absolute Gasteiger partial charge is 0.145 e. The van der Waals surface area contributed by atoms with Crippen molar-refractivity contribution in [3.63, 3.8) is 0 Å². The third-order valence-corrected chi connectivity index (χ3v) is 4.20. The zero-order valence-electron chi connectivity index (χ0n) is 9.26. The summed E-state index contributed by atoms with van der Waals surface area (Å²) in [5.74, 6) is 0.508. The Labute approximate surface area is 102 Å². The normalized spacial score (nSPS) is 11.6. The van der Waals surface area contributed by atoms with Crippen molar-refractivity contribution < 1.29 is 0 Å². The number of hydrogen-bond acceptors (Lipinski definition) is 3. The second kappa shape index (κ2) is 3.83. The summed E-state index contributed by atoms with van der Waals surface area (Å²) in [6, 6.07) is 0. The summed E-state index contributed by atoms with van der Waals surface area (Å²) in [7, 11) is 0. The second-order valence-electron chi connectivity index (χ2n) is 4.04. The van der Waals surface area contributed by atoms with Crippen LogP contribution in [0.1, 0.15) is 36.6 Å². The van der Waals surface area contributed by atoms with E-state index >= 15 is 0 Å². The lowest BCUT2D eigenvalue weighted by molar-refractivity contribution is 0.838. The number of rotatable bonds is 1. The van der Waals surface area contributed by atoms with Gasteiger partial charge in [0.1, 0.15) is 9.43 Å². The molecule has 0 radical (unpaired) electrons. The maximum Gasteiger partial charge on any atom is 0.145 e. The first kappa shape index (κ1) is 11.0. The highest BCUT2D eigenvalue weighted by Gasteiger charge is 2.15. The predicted octanol–water partition coefficient (Wildman–Crippen LogP) is 4.19. The molecule has 0 saturated carbocycles. The number of fused-ring (bicyclic) bond motifs is 1. The molecule has 0 N–H and O–H groups in total. The number of hydrogen-bond donors (Lipinski definition) is 0. The zero-order valence-corrected chi connectivity index (χ0v) is 11.7. The van der Waals surface area contributed by atoms with Crippen LogP contribution in [0.3, 0.4) is 0 Å². The van der Waals surface area contributed by atoms with Crippen molar-refractivity contribution in [1.29, 1.82) is 0 Å². The molecule has 2 aromatic rings. The van der Waals surface area contributed by atoms with Gasteiger partial charge < -0.3 is 0 Å². The van der Waals surface area contributed by atoms with Gasteiger partial charge in [-0.3, -0.25) is 0 Å². The first-order chi connectivity index (χ1) is 7.02. The van der Waals surface area contributed by atoms with E-state index in [-0.39, 0.29) is 0 Å². The van der Waals surface area contributed by atoms with Gasteiger partial charge in [-0.05, 0) is 58.4 Å². The van der Waals surface area contributed by atoms with Crippen molar-refractivity contribution in [2.45, 2.75) is 33.6 Å². The van der Waals surface area contributed by atoms with Crippen molar-refractivity contribution in [2.75, 3.05) is 0 Å². The maximum atomic E-state index is 4.60. The van der Waals surface area contributed by atoms with Crippen LogP contribution in [-0.4, -0.2) is 9.36 Å². The van der Waals surface area contributed by atoms with Gasteiger partial charge >= 0.3 is 0 Å². The van der Waals surface area contributed by atoms with E-state index in [1.54, 1.807) is 0 Å². The van der Waals surface area contributed by atoms with E-state index in [4.69, 9.17) is 0 Å². The van der Waals surface area contributed by atoms with Crippen LogP contribution in [0.2, 0.25) is 0 Å². The zero-order chi connectivity index (χ0) is 11.2. The largest absolute Gasteiger partial charge is 0.240 e. The molecule has 0 fully saturated rings. The van der Waals surface area contributed by atoms with Crippen molar-refractivity contribution in [3.05, 3.63) is 21.4 Å².